The van der Waals surface area contributed by atoms with Crippen molar-refractivity contribution in [3.8, 4) is 0 Å². The average molecular weight is 184 g/mol. The first kappa shape index (κ1) is 12.2. The normalized spacial score (nSPS) is 13.6. The Bertz CT molecular complexity index is 171. The molecule has 1 unspecified atom stereocenters. The number of hydrogen-bond acceptors (Lipinski definition) is 2. The lowest BCUT2D eigenvalue weighted by atomic mass is 10.1. The SMILES string of the molecule is CCOC(=O)CC(C)/C=C/C(C)C. The summed E-state index contributed by atoms with van der Waals surface area (Å²) in [5, 5.41) is 0. The van der Waals surface area contributed by atoms with Crippen LogP contribution in [0.1, 0.15) is 34.1 Å². The number of esters is 1. The fourth-order valence-electron chi connectivity index (χ4n) is 0.963. The van der Waals surface area contributed by atoms with E-state index in [-0.39, 0.29) is 11.9 Å². The van der Waals surface area contributed by atoms with Crippen LogP contribution in [0.25, 0.3) is 0 Å². The first-order valence-electron chi connectivity index (χ1n) is 4.90. The van der Waals surface area contributed by atoms with Gasteiger partial charge in [0.15, 0.2) is 0 Å². The van der Waals surface area contributed by atoms with E-state index in [2.05, 4.69) is 26.0 Å². The summed E-state index contributed by atoms with van der Waals surface area (Å²) < 4.78 is 4.85. The third-order valence-electron chi connectivity index (χ3n) is 1.62. The highest BCUT2D eigenvalue weighted by Gasteiger charge is 2.06. The van der Waals surface area contributed by atoms with Crippen LogP contribution in [0.3, 0.4) is 0 Å². The van der Waals surface area contributed by atoms with Crippen molar-refractivity contribution < 1.29 is 9.53 Å². The minimum atomic E-state index is -0.108. The maximum absolute atomic E-state index is 11.0. The zero-order chi connectivity index (χ0) is 10.3. The van der Waals surface area contributed by atoms with E-state index in [1.54, 1.807) is 0 Å². The molecule has 1 atom stereocenters. The smallest absolute Gasteiger partial charge is 0.306 e. The molecule has 2 heteroatoms. The second-order valence-corrected chi connectivity index (χ2v) is 3.62. The molecule has 0 spiro atoms. The van der Waals surface area contributed by atoms with Gasteiger partial charge in [-0.25, -0.2) is 0 Å². The second kappa shape index (κ2) is 6.70. The van der Waals surface area contributed by atoms with Crippen molar-refractivity contribution in [2.45, 2.75) is 34.1 Å². The van der Waals surface area contributed by atoms with Crippen molar-refractivity contribution in [3.63, 3.8) is 0 Å². The van der Waals surface area contributed by atoms with Crippen LogP contribution in [-0.4, -0.2) is 12.6 Å². The van der Waals surface area contributed by atoms with Gasteiger partial charge in [-0.05, 0) is 18.8 Å². The summed E-state index contributed by atoms with van der Waals surface area (Å²) in [5.74, 6) is 0.717. The van der Waals surface area contributed by atoms with E-state index >= 15 is 0 Å². The molecule has 0 N–H and O–H groups in total. The summed E-state index contributed by atoms with van der Waals surface area (Å²) in [7, 11) is 0. The van der Waals surface area contributed by atoms with Gasteiger partial charge in [-0.2, -0.15) is 0 Å². The molecule has 0 aromatic rings. The Kier molecular flexibility index (Phi) is 6.29. The van der Waals surface area contributed by atoms with Gasteiger partial charge < -0.3 is 4.74 Å². The van der Waals surface area contributed by atoms with Crippen LogP contribution in [0, 0.1) is 11.8 Å². The highest BCUT2D eigenvalue weighted by atomic mass is 16.5. The van der Waals surface area contributed by atoms with Crippen LogP contribution >= 0.6 is 0 Å². The number of hydrogen-bond donors (Lipinski definition) is 0. The van der Waals surface area contributed by atoms with Gasteiger partial charge in [-0.3, -0.25) is 4.79 Å². The maximum Gasteiger partial charge on any atom is 0.306 e. The molecular weight excluding hydrogens is 164 g/mol. The van der Waals surface area contributed by atoms with Gasteiger partial charge in [-0.15, -0.1) is 0 Å². The van der Waals surface area contributed by atoms with Crippen molar-refractivity contribution in [1.82, 2.24) is 0 Å². The monoisotopic (exact) mass is 184 g/mol. The van der Waals surface area contributed by atoms with E-state index < -0.39 is 0 Å². The number of allylic oxidation sites excluding steroid dienone is 2. The van der Waals surface area contributed by atoms with Gasteiger partial charge in [0.2, 0.25) is 0 Å². The van der Waals surface area contributed by atoms with Gasteiger partial charge in [0.25, 0.3) is 0 Å². The molecule has 0 aliphatic carbocycles. The average Bonchev–Trinajstić information content (AvgIpc) is 2.01. The molecule has 0 amide bonds. The van der Waals surface area contributed by atoms with E-state index in [1.165, 1.54) is 0 Å². The molecule has 0 saturated heterocycles. The molecule has 0 aromatic heterocycles. The summed E-state index contributed by atoms with van der Waals surface area (Å²) >= 11 is 0. The highest BCUT2D eigenvalue weighted by molar-refractivity contribution is 5.69. The van der Waals surface area contributed by atoms with Crippen LogP contribution in [0.15, 0.2) is 12.2 Å². The summed E-state index contributed by atoms with van der Waals surface area (Å²) in [5.41, 5.74) is 0. The van der Waals surface area contributed by atoms with E-state index in [1.807, 2.05) is 13.8 Å². The van der Waals surface area contributed by atoms with Crippen LogP contribution in [0.2, 0.25) is 0 Å². The minimum Gasteiger partial charge on any atom is -0.466 e. The van der Waals surface area contributed by atoms with Crippen LogP contribution < -0.4 is 0 Å². The predicted molar refractivity (Wildman–Crippen MR) is 54.4 cm³/mol. The van der Waals surface area contributed by atoms with E-state index in [0.717, 1.165) is 0 Å². The van der Waals surface area contributed by atoms with Crippen molar-refractivity contribution in [3.05, 3.63) is 12.2 Å². The van der Waals surface area contributed by atoms with Gasteiger partial charge in [0.05, 0.1) is 13.0 Å². The number of carbonyl (C=O) groups excluding carboxylic acids is 1. The number of carbonyl (C=O) groups is 1. The molecule has 76 valence electrons. The minimum absolute atomic E-state index is 0.108. The molecule has 0 aliphatic heterocycles. The summed E-state index contributed by atoms with van der Waals surface area (Å²) in [6.07, 6.45) is 4.67. The van der Waals surface area contributed by atoms with Gasteiger partial charge in [0.1, 0.15) is 0 Å². The second-order valence-electron chi connectivity index (χ2n) is 3.62. The summed E-state index contributed by atoms with van der Waals surface area (Å²) in [4.78, 5) is 11.0. The lowest BCUT2D eigenvalue weighted by Crippen LogP contribution is -2.07. The van der Waals surface area contributed by atoms with Crippen molar-refractivity contribution in [2.75, 3.05) is 6.61 Å². The summed E-state index contributed by atoms with van der Waals surface area (Å²) in [6, 6.07) is 0. The molecule has 0 aromatic carbocycles. The van der Waals surface area contributed by atoms with Crippen LogP contribution in [0.5, 0.6) is 0 Å². The number of rotatable bonds is 5. The van der Waals surface area contributed by atoms with E-state index in [4.69, 9.17) is 4.74 Å². The molecule has 0 rings (SSSR count). The lowest BCUT2D eigenvalue weighted by molar-refractivity contribution is -0.143. The highest BCUT2D eigenvalue weighted by Crippen LogP contribution is 2.07. The Hall–Kier alpha value is -0.790. The van der Waals surface area contributed by atoms with E-state index in [0.29, 0.717) is 18.9 Å². The number of ether oxygens (including phenoxy) is 1. The molecule has 0 aliphatic rings. The fourth-order valence-corrected chi connectivity index (χ4v) is 0.963. The van der Waals surface area contributed by atoms with Gasteiger partial charge >= 0.3 is 5.97 Å². The zero-order valence-corrected chi connectivity index (χ0v) is 9.04. The van der Waals surface area contributed by atoms with E-state index in [9.17, 15) is 4.79 Å². The maximum atomic E-state index is 11.0. The molecule has 0 fully saturated rings. The Morgan fingerprint density at radius 3 is 2.38 bits per heavy atom. The Labute approximate surface area is 81.0 Å². The van der Waals surface area contributed by atoms with Crippen LogP contribution in [0.4, 0.5) is 0 Å². The summed E-state index contributed by atoms with van der Waals surface area (Å²) in [6.45, 7) is 8.56. The molecule has 0 radical (unpaired) electrons. The molecule has 13 heavy (non-hydrogen) atoms. The first-order valence-corrected chi connectivity index (χ1v) is 4.90. The predicted octanol–water partition coefficient (Wildman–Crippen LogP) is 2.79. The van der Waals surface area contributed by atoms with Crippen molar-refractivity contribution >= 4 is 5.97 Å². The quantitative estimate of drug-likeness (QED) is 0.485. The standard InChI is InChI=1S/C11H20O2/c1-5-13-11(12)8-10(4)7-6-9(2)3/h6-7,9-10H,5,8H2,1-4H3/b7-6+. The third-order valence-corrected chi connectivity index (χ3v) is 1.62. The van der Waals surface area contributed by atoms with Gasteiger partial charge in [-0.1, -0.05) is 32.9 Å². The lowest BCUT2D eigenvalue weighted by Gasteiger charge is -2.05. The molecule has 2 nitrogen and oxygen atoms in total. The fraction of sp³-hybridized carbons (Fsp3) is 0.727. The molecule has 0 bridgehead atoms. The molecule has 0 heterocycles. The third kappa shape index (κ3) is 7.57. The molecular formula is C11H20O2. The van der Waals surface area contributed by atoms with Crippen molar-refractivity contribution in [2.24, 2.45) is 11.8 Å². The first-order chi connectivity index (χ1) is 6.06. The van der Waals surface area contributed by atoms with Crippen LogP contribution in [-0.2, 0) is 9.53 Å². The zero-order valence-electron chi connectivity index (χ0n) is 9.04. The van der Waals surface area contributed by atoms with Gasteiger partial charge in [0, 0.05) is 0 Å². The Morgan fingerprint density at radius 1 is 1.31 bits per heavy atom. The molecule has 0 saturated carbocycles. The Morgan fingerprint density at radius 2 is 1.92 bits per heavy atom. The van der Waals surface area contributed by atoms with Crippen molar-refractivity contribution in [1.29, 1.82) is 0 Å². The topological polar surface area (TPSA) is 26.3 Å². The largest absolute Gasteiger partial charge is 0.466 e. The Balaban J connectivity index is 3.73.